The van der Waals surface area contributed by atoms with E-state index in [2.05, 4.69) is 42.2 Å². The van der Waals surface area contributed by atoms with Crippen LogP contribution in [0.2, 0.25) is 0 Å². The molecule has 9 atom stereocenters. The SMILES string of the molecule is CCCCC/C=C\CC1OC1CCCCCCCC(=O)O[C@H](COC(=O)CCCCCCCCCCCC(C)C)COP(=O)(O)OP(=O)(O)OC[C@H]1O[C@@H](n2ccc(N)nc2=O)[C@H](O)[C@@H]1O. The summed E-state index contributed by atoms with van der Waals surface area (Å²) in [6.07, 6.45) is 20.5. The van der Waals surface area contributed by atoms with E-state index in [9.17, 15) is 43.5 Å². The molecule has 4 unspecified atom stereocenters. The van der Waals surface area contributed by atoms with Crippen molar-refractivity contribution in [2.24, 2.45) is 5.92 Å². The van der Waals surface area contributed by atoms with Crippen molar-refractivity contribution in [1.29, 1.82) is 0 Å². The maximum atomic E-state index is 12.9. The second-order valence-corrected chi connectivity index (χ2v) is 20.9. The number of aliphatic hydroxyl groups is 2. The highest BCUT2D eigenvalue weighted by molar-refractivity contribution is 7.61. The molecule has 2 saturated heterocycles. The standard InChI is InChI=1S/C45H79N3O16P2/c1-4-5-6-7-15-20-25-36-37(62-36)26-21-16-13-18-23-28-41(50)61-35(31-58-40(49)27-22-17-12-10-8-9-11-14-19-24-34(2)3)32-59-65(54,55)64-66(56,57)60-33-38-42(51)43(52)44(63-38)48-30-29-39(46)47-45(48)53/h15,20,29-30,34-38,42-44,51-52H,4-14,16-19,21-28,31-33H2,1-3H3,(H,54,55)(H,56,57)(H2,46,47,53)/b20-15-/t35-,36?,37?,38-,42-,43-,44-/m1/s1. The van der Waals surface area contributed by atoms with Crippen molar-refractivity contribution in [3.63, 3.8) is 0 Å². The van der Waals surface area contributed by atoms with Crippen molar-refractivity contribution in [3.05, 3.63) is 34.9 Å². The Morgan fingerprint density at radius 2 is 1.41 bits per heavy atom. The van der Waals surface area contributed by atoms with Gasteiger partial charge in [0.05, 0.1) is 25.4 Å². The first-order chi connectivity index (χ1) is 31.5. The van der Waals surface area contributed by atoms with Crippen LogP contribution in [-0.4, -0.2) is 97.9 Å². The first-order valence-corrected chi connectivity index (χ1v) is 27.2. The number of hydrogen-bond donors (Lipinski definition) is 5. The third-order valence-corrected chi connectivity index (χ3v) is 14.1. The summed E-state index contributed by atoms with van der Waals surface area (Å²) in [6.45, 7) is 4.36. The molecule has 2 aliphatic heterocycles. The van der Waals surface area contributed by atoms with Crippen molar-refractivity contribution in [2.75, 3.05) is 25.6 Å². The van der Waals surface area contributed by atoms with E-state index >= 15 is 0 Å². The molecule has 66 heavy (non-hydrogen) atoms. The highest BCUT2D eigenvalue weighted by atomic mass is 31.3. The third-order valence-electron chi connectivity index (χ3n) is 11.5. The van der Waals surface area contributed by atoms with E-state index in [0.29, 0.717) is 25.0 Å². The maximum absolute atomic E-state index is 12.9. The zero-order valence-electron chi connectivity index (χ0n) is 39.4. The van der Waals surface area contributed by atoms with E-state index in [0.717, 1.165) is 87.3 Å². The number of aromatic nitrogens is 2. The Hall–Kier alpha value is -2.54. The van der Waals surface area contributed by atoms with Crippen LogP contribution in [-0.2, 0) is 51.0 Å². The largest absolute Gasteiger partial charge is 0.481 e. The van der Waals surface area contributed by atoms with Gasteiger partial charge in [0.15, 0.2) is 12.3 Å². The van der Waals surface area contributed by atoms with Crippen molar-refractivity contribution in [3.8, 4) is 0 Å². The van der Waals surface area contributed by atoms with Crippen LogP contribution >= 0.6 is 15.6 Å². The van der Waals surface area contributed by atoms with Gasteiger partial charge in [-0.05, 0) is 50.5 Å². The number of unbranched alkanes of at least 4 members (excludes halogenated alkanes) is 15. The summed E-state index contributed by atoms with van der Waals surface area (Å²) in [7, 11) is -10.8. The summed E-state index contributed by atoms with van der Waals surface area (Å²) >= 11 is 0. The molecule has 2 aliphatic rings. The Balaban J connectivity index is 1.41. The fourth-order valence-electron chi connectivity index (χ4n) is 7.56. The molecule has 0 radical (unpaired) electrons. The molecule has 2 fully saturated rings. The van der Waals surface area contributed by atoms with Crippen LogP contribution in [0.15, 0.2) is 29.2 Å². The molecule has 0 saturated carbocycles. The highest BCUT2D eigenvalue weighted by Gasteiger charge is 2.46. The smallest absolute Gasteiger partial charge is 0.462 e. The number of phosphoric acid groups is 2. The Kier molecular flexibility index (Phi) is 27.6. The van der Waals surface area contributed by atoms with Gasteiger partial charge in [-0.15, -0.1) is 0 Å². The molecule has 0 aliphatic carbocycles. The van der Waals surface area contributed by atoms with Crippen LogP contribution < -0.4 is 11.4 Å². The van der Waals surface area contributed by atoms with Crippen LogP contribution in [0.25, 0.3) is 0 Å². The second-order valence-electron chi connectivity index (χ2n) is 17.8. The van der Waals surface area contributed by atoms with Gasteiger partial charge < -0.3 is 44.7 Å². The van der Waals surface area contributed by atoms with Gasteiger partial charge in [-0.1, -0.05) is 129 Å². The van der Waals surface area contributed by atoms with Crippen LogP contribution in [0.3, 0.4) is 0 Å². The maximum Gasteiger partial charge on any atom is 0.481 e. The fraction of sp³-hybridized carbons (Fsp3) is 0.822. The van der Waals surface area contributed by atoms with E-state index < -0.39 is 83.7 Å². The summed E-state index contributed by atoms with van der Waals surface area (Å²) < 4.78 is 62.5. The number of esters is 2. The molecule has 0 amide bonds. The summed E-state index contributed by atoms with van der Waals surface area (Å²) in [4.78, 5) is 61.8. The lowest BCUT2D eigenvalue weighted by atomic mass is 10.0. The van der Waals surface area contributed by atoms with Crippen molar-refractivity contribution in [1.82, 2.24) is 9.55 Å². The summed E-state index contributed by atoms with van der Waals surface area (Å²) in [6, 6.07) is 1.25. The first-order valence-electron chi connectivity index (χ1n) is 24.2. The van der Waals surface area contributed by atoms with Crippen LogP contribution in [0.5, 0.6) is 0 Å². The van der Waals surface area contributed by atoms with Gasteiger partial charge in [0, 0.05) is 19.0 Å². The number of hydrogen-bond acceptors (Lipinski definition) is 16. The van der Waals surface area contributed by atoms with E-state index in [1.54, 1.807) is 0 Å². The molecule has 21 heteroatoms. The van der Waals surface area contributed by atoms with Gasteiger partial charge in [0.1, 0.15) is 30.7 Å². The topological polar surface area (TPSA) is 278 Å². The number of nitrogens with two attached hydrogens (primary N) is 1. The Morgan fingerprint density at radius 1 is 0.788 bits per heavy atom. The monoisotopic (exact) mass is 979 g/mol. The lowest BCUT2D eigenvalue weighted by Crippen LogP contribution is -2.36. The molecular weight excluding hydrogens is 900 g/mol. The van der Waals surface area contributed by atoms with Crippen molar-refractivity contribution < 1.29 is 71.0 Å². The summed E-state index contributed by atoms with van der Waals surface area (Å²) in [5, 5.41) is 20.9. The molecule has 380 valence electrons. The van der Waals surface area contributed by atoms with Crippen LogP contribution in [0.1, 0.15) is 175 Å². The van der Waals surface area contributed by atoms with E-state index in [1.165, 1.54) is 57.4 Å². The average molecular weight is 980 g/mol. The van der Waals surface area contributed by atoms with E-state index in [-0.39, 0.29) is 18.7 Å². The van der Waals surface area contributed by atoms with Crippen LogP contribution in [0.4, 0.5) is 5.82 Å². The van der Waals surface area contributed by atoms with Gasteiger partial charge >= 0.3 is 33.3 Å². The molecule has 3 heterocycles. The molecule has 3 rings (SSSR count). The van der Waals surface area contributed by atoms with Crippen molar-refractivity contribution >= 4 is 33.4 Å². The molecule has 1 aromatic heterocycles. The minimum Gasteiger partial charge on any atom is -0.462 e. The molecule has 0 bridgehead atoms. The number of carbonyl (C=O) groups is 2. The number of nitrogen functional groups attached to an aromatic ring is 1. The Bertz CT molecular complexity index is 1730. The second kappa shape index (κ2) is 31.6. The molecule has 6 N–H and O–H groups in total. The normalized spacial score (nSPS) is 22.9. The lowest BCUT2D eigenvalue weighted by Gasteiger charge is -2.21. The predicted molar refractivity (Wildman–Crippen MR) is 247 cm³/mol. The number of aliphatic hydroxyl groups excluding tert-OH is 2. The molecule has 0 spiro atoms. The Morgan fingerprint density at radius 3 is 2.06 bits per heavy atom. The van der Waals surface area contributed by atoms with Gasteiger partial charge in [-0.2, -0.15) is 9.29 Å². The minimum atomic E-state index is -5.42. The molecular formula is C45H79N3O16P2. The van der Waals surface area contributed by atoms with E-state index in [1.807, 2.05) is 0 Å². The van der Waals surface area contributed by atoms with Crippen LogP contribution in [0, 0.1) is 5.92 Å². The number of allylic oxidation sites excluding steroid dienone is 1. The highest BCUT2D eigenvalue weighted by Crippen LogP contribution is 2.60. The van der Waals surface area contributed by atoms with E-state index in [4.69, 9.17) is 33.7 Å². The van der Waals surface area contributed by atoms with Gasteiger partial charge in [0.25, 0.3) is 0 Å². The molecule has 1 aromatic rings. The number of epoxide rings is 1. The third kappa shape index (κ3) is 24.7. The fourth-order valence-corrected chi connectivity index (χ4v) is 9.67. The predicted octanol–water partition coefficient (Wildman–Crippen LogP) is 8.12. The zero-order valence-corrected chi connectivity index (χ0v) is 41.2. The number of ether oxygens (including phenoxy) is 4. The summed E-state index contributed by atoms with van der Waals surface area (Å²) in [5.41, 5.74) is 4.58. The lowest BCUT2D eigenvalue weighted by molar-refractivity contribution is -0.161. The zero-order chi connectivity index (χ0) is 48.4. The molecule has 0 aromatic carbocycles. The Labute approximate surface area is 390 Å². The van der Waals surface area contributed by atoms with Gasteiger partial charge in [-0.25, -0.2) is 13.9 Å². The number of nitrogens with zero attached hydrogens (tertiary/aromatic N) is 2. The van der Waals surface area contributed by atoms with Gasteiger partial charge in [0.2, 0.25) is 0 Å². The minimum absolute atomic E-state index is 0.0296. The van der Waals surface area contributed by atoms with Crippen molar-refractivity contribution in [2.45, 2.75) is 211 Å². The number of carbonyl (C=O) groups excluding carboxylic acids is 2. The summed E-state index contributed by atoms with van der Waals surface area (Å²) in [5.74, 6) is -0.578. The first kappa shape index (κ1) is 57.8. The molecule has 19 nitrogen and oxygen atoms in total. The average Bonchev–Trinajstić information content (AvgIpc) is 3.95. The number of phosphoric ester groups is 2. The number of anilines is 1. The quantitative estimate of drug-likeness (QED) is 0.0137. The number of rotatable bonds is 38. The van der Waals surface area contributed by atoms with Gasteiger partial charge in [-0.3, -0.25) is 23.2 Å².